The second kappa shape index (κ2) is 9.03. The minimum atomic E-state index is 0.243. The molecule has 0 radical (unpaired) electrons. The molecule has 0 aromatic rings. The van der Waals surface area contributed by atoms with E-state index in [1.165, 1.54) is 25.9 Å². The maximum atomic E-state index is 12.3. The normalized spacial score (nSPS) is 22.9. The minimum Gasteiger partial charge on any atom is -0.356 e. The molecule has 23 heavy (non-hydrogen) atoms. The Bertz CT molecular complexity index is 354. The van der Waals surface area contributed by atoms with E-state index in [2.05, 4.69) is 42.8 Å². The highest BCUT2D eigenvalue weighted by Gasteiger charge is 2.26. The molecular formula is C19H37N3O. The molecule has 0 unspecified atom stereocenters. The Morgan fingerprint density at radius 3 is 1.87 bits per heavy atom. The van der Waals surface area contributed by atoms with Gasteiger partial charge in [-0.1, -0.05) is 0 Å². The lowest BCUT2D eigenvalue weighted by molar-refractivity contribution is -0.126. The number of carbonyl (C=O) groups excluding carboxylic acids is 1. The van der Waals surface area contributed by atoms with E-state index in [-0.39, 0.29) is 5.92 Å². The van der Waals surface area contributed by atoms with Crippen molar-refractivity contribution in [2.24, 2.45) is 11.8 Å². The highest BCUT2D eigenvalue weighted by Crippen LogP contribution is 2.22. The number of nitrogens with one attached hydrogen (secondary N) is 1. The Hall–Kier alpha value is -0.610. The third-order valence-electron chi connectivity index (χ3n) is 5.86. The van der Waals surface area contributed by atoms with Crippen molar-refractivity contribution in [2.45, 2.75) is 71.9 Å². The van der Waals surface area contributed by atoms with E-state index in [9.17, 15) is 4.79 Å². The maximum Gasteiger partial charge on any atom is 0.223 e. The van der Waals surface area contributed by atoms with E-state index in [1.54, 1.807) is 0 Å². The van der Waals surface area contributed by atoms with Gasteiger partial charge in [-0.3, -0.25) is 4.79 Å². The number of rotatable bonds is 6. The summed E-state index contributed by atoms with van der Waals surface area (Å²) in [5.74, 6) is 1.34. The molecule has 0 aromatic heterocycles. The lowest BCUT2D eigenvalue weighted by Crippen LogP contribution is -2.43. The summed E-state index contributed by atoms with van der Waals surface area (Å²) < 4.78 is 0. The molecule has 0 spiro atoms. The molecule has 1 N–H and O–H groups in total. The van der Waals surface area contributed by atoms with Gasteiger partial charge in [-0.25, -0.2) is 0 Å². The van der Waals surface area contributed by atoms with E-state index in [0.29, 0.717) is 18.0 Å². The zero-order chi connectivity index (χ0) is 16.8. The fourth-order valence-corrected chi connectivity index (χ4v) is 3.98. The van der Waals surface area contributed by atoms with E-state index >= 15 is 0 Å². The van der Waals surface area contributed by atoms with Gasteiger partial charge in [-0.05, 0) is 91.9 Å². The summed E-state index contributed by atoms with van der Waals surface area (Å²) in [6, 6.07) is 1.28. The molecule has 0 saturated carbocycles. The molecule has 0 atom stereocenters. The van der Waals surface area contributed by atoms with Crippen LogP contribution >= 0.6 is 0 Å². The number of hydrogen-bond donors (Lipinski definition) is 1. The average molecular weight is 324 g/mol. The monoisotopic (exact) mass is 323 g/mol. The largest absolute Gasteiger partial charge is 0.356 e. The summed E-state index contributed by atoms with van der Waals surface area (Å²) in [6.45, 7) is 14.5. The zero-order valence-corrected chi connectivity index (χ0v) is 15.7. The first-order valence-electron chi connectivity index (χ1n) is 9.73. The summed E-state index contributed by atoms with van der Waals surface area (Å²) in [6.07, 6.45) is 5.79. The highest BCUT2D eigenvalue weighted by molar-refractivity contribution is 5.78. The Morgan fingerprint density at radius 1 is 0.913 bits per heavy atom. The molecule has 4 nitrogen and oxygen atoms in total. The van der Waals surface area contributed by atoms with Crippen molar-refractivity contribution in [1.29, 1.82) is 0 Å². The predicted molar refractivity (Wildman–Crippen MR) is 96.5 cm³/mol. The van der Waals surface area contributed by atoms with Gasteiger partial charge in [-0.15, -0.1) is 0 Å². The Labute approximate surface area is 143 Å². The van der Waals surface area contributed by atoms with Crippen LogP contribution in [-0.2, 0) is 4.79 Å². The van der Waals surface area contributed by atoms with Gasteiger partial charge in [0.15, 0.2) is 0 Å². The zero-order valence-electron chi connectivity index (χ0n) is 15.7. The van der Waals surface area contributed by atoms with E-state index in [4.69, 9.17) is 0 Å². The molecule has 2 rings (SSSR count). The maximum absolute atomic E-state index is 12.3. The standard InChI is InChI=1S/C19H37N3O/c1-15(2)21-11-6-17(7-12-21)5-10-20-19(23)18-8-13-22(14-9-18)16(3)4/h15-18H,5-14H2,1-4H3,(H,20,23). The van der Waals surface area contributed by atoms with Crippen molar-refractivity contribution in [3.63, 3.8) is 0 Å². The molecule has 2 fully saturated rings. The first-order valence-corrected chi connectivity index (χ1v) is 9.73. The molecule has 0 aromatic carbocycles. The number of piperidine rings is 2. The number of nitrogens with zero attached hydrogens (tertiary/aromatic N) is 2. The number of hydrogen-bond acceptors (Lipinski definition) is 3. The quantitative estimate of drug-likeness (QED) is 0.816. The summed E-state index contributed by atoms with van der Waals surface area (Å²) in [5, 5.41) is 3.21. The highest BCUT2D eigenvalue weighted by atomic mass is 16.1. The van der Waals surface area contributed by atoms with E-state index in [0.717, 1.165) is 44.8 Å². The molecule has 2 aliphatic heterocycles. The van der Waals surface area contributed by atoms with E-state index in [1.807, 2.05) is 0 Å². The van der Waals surface area contributed by atoms with Crippen LogP contribution in [-0.4, -0.2) is 60.5 Å². The van der Waals surface area contributed by atoms with Gasteiger partial charge in [0, 0.05) is 24.5 Å². The lowest BCUT2D eigenvalue weighted by Gasteiger charge is -2.35. The van der Waals surface area contributed by atoms with Crippen LogP contribution < -0.4 is 5.32 Å². The number of carbonyl (C=O) groups is 1. The molecule has 0 bridgehead atoms. The van der Waals surface area contributed by atoms with Gasteiger partial charge in [0.1, 0.15) is 0 Å². The van der Waals surface area contributed by atoms with Crippen LogP contribution in [0.25, 0.3) is 0 Å². The summed E-state index contributed by atoms with van der Waals surface area (Å²) >= 11 is 0. The third-order valence-corrected chi connectivity index (χ3v) is 5.86. The predicted octanol–water partition coefficient (Wildman–Crippen LogP) is 2.73. The third kappa shape index (κ3) is 5.75. The minimum absolute atomic E-state index is 0.243. The van der Waals surface area contributed by atoms with Crippen molar-refractivity contribution in [2.75, 3.05) is 32.7 Å². The Balaban J connectivity index is 1.59. The van der Waals surface area contributed by atoms with Gasteiger partial charge in [0.05, 0.1) is 0 Å². The Morgan fingerprint density at radius 2 is 1.39 bits per heavy atom. The van der Waals surface area contributed by atoms with Crippen LogP contribution in [0.1, 0.15) is 59.8 Å². The van der Waals surface area contributed by atoms with Gasteiger partial charge in [0.2, 0.25) is 5.91 Å². The molecular weight excluding hydrogens is 286 g/mol. The van der Waals surface area contributed by atoms with Crippen molar-refractivity contribution >= 4 is 5.91 Å². The van der Waals surface area contributed by atoms with Crippen molar-refractivity contribution in [3.8, 4) is 0 Å². The molecule has 2 aliphatic rings. The van der Waals surface area contributed by atoms with Crippen molar-refractivity contribution in [3.05, 3.63) is 0 Å². The Kier molecular flexibility index (Phi) is 7.35. The summed E-state index contributed by atoms with van der Waals surface area (Å²) in [4.78, 5) is 17.4. The second-order valence-electron chi connectivity index (χ2n) is 8.06. The average Bonchev–Trinajstić information content (AvgIpc) is 2.55. The molecule has 2 heterocycles. The van der Waals surface area contributed by atoms with Crippen LogP contribution in [0.5, 0.6) is 0 Å². The second-order valence-corrected chi connectivity index (χ2v) is 8.06. The van der Waals surface area contributed by atoms with Gasteiger partial charge in [0.25, 0.3) is 0 Å². The van der Waals surface area contributed by atoms with Crippen LogP contribution in [0, 0.1) is 11.8 Å². The van der Waals surface area contributed by atoms with Crippen LogP contribution in [0.15, 0.2) is 0 Å². The van der Waals surface area contributed by atoms with Gasteiger partial charge >= 0.3 is 0 Å². The first-order chi connectivity index (χ1) is 11.0. The molecule has 0 aliphatic carbocycles. The lowest BCUT2D eigenvalue weighted by atomic mass is 9.92. The molecule has 1 amide bonds. The van der Waals surface area contributed by atoms with Crippen LogP contribution in [0.4, 0.5) is 0 Å². The molecule has 134 valence electrons. The molecule has 2 saturated heterocycles. The fourth-order valence-electron chi connectivity index (χ4n) is 3.98. The molecule has 4 heteroatoms. The number of amides is 1. The van der Waals surface area contributed by atoms with Crippen molar-refractivity contribution in [1.82, 2.24) is 15.1 Å². The van der Waals surface area contributed by atoms with Gasteiger partial charge < -0.3 is 15.1 Å². The summed E-state index contributed by atoms with van der Waals surface area (Å²) in [5.41, 5.74) is 0. The van der Waals surface area contributed by atoms with Gasteiger partial charge in [-0.2, -0.15) is 0 Å². The van der Waals surface area contributed by atoms with Crippen LogP contribution in [0.3, 0.4) is 0 Å². The first kappa shape index (κ1) is 18.7. The smallest absolute Gasteiger partial charge is 0.223 e. The fraction of sp³-hybridized carbons (Fsp3) is 0.947. The summed E-state index contributed by atoms with van der Waals surface area (Å²) in [7, 11) is 0. The van der Waals surface area contributed by atoms with Crippen molar-refractivity contribution < 1.29 is 4.79 Å². The SMILES string of the molecule is CC(C)N1CCC(CCNC(=O)C2CCN(C(C)C)CC2)CC1. The topological polar surface area (TPSA) is 35.6 Å². The number of likely N-dealkylation sites (tertiary alicyclic amines) is 2. The van der Waals surface area contributed by atoms with E-state index < -0.39 is 0 Å². The van der Waals surface area contributed by atoms with Crippen LogP contribution in [0.2, 0.25) is 0 Å².